The topological polar surface area (TPSA) is 66.0 Å². The molecule has 2 rings (SSSR count). The summed E-state index contributed by atoms with van der Waals surface area (Å²) in [4.78, 5) is 12.1. The molecule has 0 unspecified atom stereocenters. The molecule has 0 bridgehead atoms. The van der Waals surface area contributed by atoms with E-state index in [0.717, 1.165) is 11.1 Å². The smallest absolute Gasteiger partial charge is 0.220 e. The van der Waals surface area contributed by atoms with Gasteiger partial charge >= 0.3 is 0 Å². The van der Waals surface area contributed by atoms with Crippen molar-refractivity contribution in [1.82, 2.24) is 5.32 Å². The molecule has 0 aliphatic heterocycles. The zero-order valence-corrected chi connectivity index (χ0v) is 15.6. The average Bonchev–Trinajstić information content (AvgIpc) is 2.69. The molecule has 0 radical (unpaired) electrons. The molecule has 0 aromatic heterocycles. The molecule has 1 amide bonds. The van der Waals surface area contributed by atoms with Crippen molar-refractivity contribution in [3.05, 3.63) is 47.5 Å². The average molecular weight is 359 g/mol. The van der Waals surface area contributed by atoms with Gasteiger partial charge in [0, 0.05) is 19.0 Å². The van der Waals surface area contributed by atoms with Crippen molar-refractivity contribution < 1.29 is 23.7 Å². The zero-order valence-electron chi connectivity index (χ0n) is 15.6. The molecule has 0 spiro atoms. The van der Waals surface area contributed by atoms with E-state index in [9.17, 15) is 4.79 Å². The Morgan fingerprint density at radius 2 is 1.46 bits per heavy atom. The van der Waals surface area contributed by atoms with E-state index in [-0.39, 0.29) is 5.91 Å². The minimum atomic E-state index is -0.0263. The number of hydrogen-bond acceptors (Lipinski definition) is 5. The third kappa shape index (κ3) is 5.31. The Hall–Kier alpha value is -2.89. The lowest BCUT2D eigenvalue weighted by molar-refractivity contribution is -0.121. The van der Waals surface area contributed by atoms with Gasteiger partial charge in [-0.3, -0.25) is 4.79 Å². The van der Waals surface area contributed by atoms with Crippen LogP contribution in [-0.2, 0) is 17.8 Å². The lowest BCUT2D eigenvalue weighted by Gasteiger charge is -2.11. The standard InChI is InChI=1S/C20H25NO5/c1-23-16-9-14(10-17(12-16)24-2)6-8-20(22)21-13-15-5-7-18(25-3)19(11-15)26-4/h5,7,9-12H,6,8,13H2,1-4H3,(H,21,22). The normalized spacial score (nSPS) is 10.2. The van der Waals surface area contributed by atoms with Gasteiger partial charge in [-0.2, -0.15) is 0 Å². The maximum absolute atomic E-state index is 12.1. The van der Waals surface area contributed by atoms with Crippen molar-refractivity contribution in [2.24, 2.45) is 0 Å². The number of aryl methyl sites for hydroxylation is 1. The fourth-order valence-corrected chi connectivity index (χ4v) is 2.55. The molecule has 140 valence electrons. The summed E-state index contributed by atoms with van der Waals surface area (Å²) in [6.07, 6.45) is 0.981. The van der Waals surface area contributed by atoms with E-state index in [4.69, 9.17) is 18.9 Å². The highest BCUT2D eigenvalue weighted by molar-refractivity contribution is 5.76. The second-order valence-corrected chi connectivity index (χ2v) is 5.69. The Labute approximate surface area is 154 Å². The first-order valence-corrected chi connectivity index (χ1v) is 8.29. The van der Waals surface area contributed by atoms with Crippen LogP contribution in [0.4, 0.5) is 0 Å². The van der Waals surface area contributed by atoms with Gasteiger partial charge in [-0.25, -0.2) is 0 Å². The molecule has 0 atom stereocenters. The number of carbonyl (C=O) groups excluding carboxylic acids is 1. The van der Waals surface area contributed by atoms with E-state index in [1.165, 1.54) is 0 Å². The molecular formula is C20H25NO5. The summed E-state index contributed by atoms with van der Waals surface area (Å²) in [7, 11) is 6.39. The maximum atomic E-state index is 12.1. The largest absolute Gasteiger partial charge is 0.497 e. The third-order valence-corrected chi connectivity index (χ3v) is 3.99. The number of benzene rings is 2. The first kappa shape index (κ1) is 19.4. The molecule has 2 aromatic carbocycles. The highest BCUT2D eigenvalue weighted by Gasteiger charge is 2.08. The van der Waals surface area contributed by atoms with Crippen molar-refractivity contribution in [1.29, 1.82) is 0 Å². The minimum absolute atomic E-state index is 0.0263. The Morgan fingerprint density at radius 1 is 0.808 bits per heavy atom. The maximum Gasteiger partial charge on any atom is 0.220 e. The Morgan fingerprint density at radius 3 is 2.04 bits per heavy atom. The van der Waals surface area contributed by atoms with E-state index in [1.54, 1.807) is 34.5 Å². The van der Waals surface area contributed by atoms with Crippen molar-refractivity contribution in [3.8, 4) is 23.0 Å². The molecule has 0 fully saturated rings. The van der Waals surface area contributed by atoms with Crippen LogP contribution in [0.2, 0.25) is 0 Å². The van der Waals surface area contributed by atoms with Crippen LogP contribution in [0, 0.1) is 0 Å². The van der Waals surface area contributed by atoms with Crippen molar-refractivity contribution in [2.75, 3.05) is 28.4 Å². The quantitative estimate of drug-likeness (QED) is 0.746. The third-order valence-electron chi connectivity index (χ3n) is 3.99. The molecule has 6 nitrogen and oxygen atoms in total. The monoisotopic (exact) mass is 359 g/mol. The molecule has 2 aromatic rings. The summed E-state index contributed by atoms with van der Waals surface area (Å²) < 4.78 is 21.0. The summed E-state index contributed by atoms with van der Waals surface area (Å²) in [5.41, 5.74) is 1.93. The van der Waals surface area contributed by atoms with Crippen molar-refractivity contribution in [2.45, 2.75) is 19.4 Å². The number of amides is 1. The van der Waals surface area contributed by atoms with Crippen LogP contribution < -0.4 is 24.3 Å². The van der Waals surface area contributed by atoms with Gasteiger partial charge in [0.15, 0.2) is 11.5 Å². The summed E-state index contributed by atoms with van der Waals surface area (Å²) in [6.45, 7) is 0.431. The van der Waals surface area contributed by atoms with Gasteiger partial charge in [0.25, 0.3) is 0 Å². The Bertz CT molecular complexity index is 723. The lowest BCUT2D eigenvalue weighted by Crippen LogP contribution is -2.23. The Balaban J connectivity index is 1.89. The zero-order chi connectivity index (χ0) is 18.9. The van der Waals surface area contributed by atoms with E-state index < -0.39 is 0 Å². The molecule has 0 saturated carbocycles. The first-order valence-electron chi connectivity index (χ1n) is 8.29. The predicted octanol–water partition coefficient (Wildman–Crippen LogP) is 2.97. The van der Waals surface area contributed by atoms with Crippen LogP contribution >= 0.6 is 0 Å². The van der Waals surface area contributed by atoms with E-state index in [1.807, 2.05) is 30.3 Å². The first-order chi connectivity index (χ1) is 12.6. The number of nitrogens with one attached hydrogen (secondary N) is 1. The van der Waals surface area contributed by atoms with Gasteiger partial charge in [-0.1, -0.05) is 6.07 Å². The molecule has 26 heavy (non-hydrogen) atoms. The van der Waals surface area contributed by atoms with Crippen LogP contribution in [-0.4, -0.2) is 34.3 Å². The fraction of sp³-hybridized carbons (Fsp3) is 0.350. The predicted molar refractivity (Wildman–Crippen MR) is 99.3 cm³/mol. The number of ether oxygens (including phenoxy) is 4. The van der Waals surface area contributed by atoms with Gasteiger partial charge < -0.3 is 24.3 Å². The fourth-order valence-electron chi connectivity index (χ4n) is 2.55. The second-order valence-electron chi connectivity index (χ2n) is 5.69. The van der Waals surface area contributed by atoms with Gasteiger partial charge in [0.2, 0.25) is 5.91 Å². The van der Waals surface area contributed by atoms with Gasteiger partial charge in [-0.05, 0) is 41.8 Å². The second kappa shape index (κ2) is 9.56. The number of carbonyl (C=O) groups is 1. The lowest BCUT2D eigenvalue weighted by atomic mass is 10.1. The highest BCUT2D eigenvalue weighted by atomic mass is 16.5. The highest BCUT2D eigenvalue weighted by Crippen LogP contribution is 2.27. The van der Waals surface area contributed by atoms with Crippen LogP contribution in [0.15, 0.2) is 36.4 Å². The van der Waals surface area contributed by atoms with E-state index in [0.29, 0.717) is 42.4 Å². The SMILES string of the molecule is COc1cc(CCC(=O)NCc2ccc(OC)c(OC)c2)cc(OC)c1. The number of methoxy groups -OCH3 is 4. The molecule has 0 aliphatic carbocycles. The summed E-state index contributed by atoms with van der Waals surface area (Å²) >= 11 is 0. The van der Waals surface area contributed by atoms with Crippen LogP contribution in [0.25, 0.3) is 0 Å². The van der Waals surface area contributed by atoms with Gasteiger partial charge in [-0.15, -0.1) is 0 Å². The van der Waals surface area contributed by atoms with Gasteiger partial charge in [0.05, 0.1) is 28.4 Å². The van der Waals surface area contributed by atoms with E-state index >= 15 is 0 Å². The molecule has 0 heterocycles. The molecule has 1 N–H and O–H groups in total. The number of rotatable bonds is 9. The summed E-state index contributed by atoms with van der Waals surface area (Å²) in [6, 6.07) is 11.2. The van der Waals surface area contributed by atoms with Crippen LogP contribution in [0.3, 0.4) is 0 Å². The van der Waals surface area contributed by atoms with Crippen LogP contribution in [0.1, 0.15) is 17.5 Å². The summed E-state index contributed by atoms with van der Waals surface area (Å²) in [5.74, 6) is 2.70. The molecule has 0 saturated heterocycles. The minimum Gasteiger partial charge on any atom is -0.497 e. The summed E-state index contributed by atoms with van der Waals surface area (Å²) in [5, 5.41) is 2.92. The molecule has 0 aliphatic rings. The van der Waals surface area contributed by atoms with Gasteiger partial charge in [0.1, 0.15) is 11.5 Å². The van der Waals surface area contributed by atoms with E-state index in [2.05, 4.69) is 5.32 Å². The number of hydrogen-bond donors (Lipinski definition) is 1. The van der Waals surface area contributed by atoms with Crippen molar-refractivity contribution >= 4 is 5.91 Å². The van der Waals surface area contributed by atoms with Crippen LogP contribution in [0.5, 0.6) is 23.0 Å². The van der Waals surface area contributed by atoms with Crippen molar-refractivity contribution in [3.63, 3.8) is 0 Å². The molecular weight excluding hydrogens is 334 g/mol. The molecule has 6 heteroatoms. The Kier molecular flexibility index (Phi) is 7.14.